The first kappa shape index (κ1) is 16.5. The van der Waals surface area contributed by atoms with Crippen LogP contribution in [0.15, 0.2) is 6.20 Å². The highest BCUT2D eigenvalue weighted by Gasteiger charge is 2.19. The van der Waals surface area contributed by atoms with Crippen molar-refractivity contribution in [2.75, 3.05) is 38.5 Å². The molecule has 0 bridgehead atoms. The largest absolute Gasteiger partial charge is 0.396 e. The molecule has 1 amide bonds. The molecule has 0 aromatic carbocycles. The number of nitrogen functional groups attached to an aromatic ring is 1. The van der Waals surface area contributed by atoms with E-state index in [-0.39, 0.29) is 5.91 Å². The minimum atomic E-state index is -0.0786. The number of carbonyl (C=O) groups excluding carboxylic acids is 1. The van der Waals surface area contributed by atoms with Gasteiger partial charge < -0.3 is 15.5 Å². The van der Waals surface area contributed by atoms with Crippen LogP contribution in [0.1, 0.15) is 37.7 Å². The second-order valence-electron chi connectivity index (χ2n) is 4.87. The molecule has 1 heterocycles. The van der Waals surface area contributed by atoms with Crippen molar-refractivity contribution in [3.8, 4) is 0 Å². The molecule has 0 fully saturated rings. The van der Waals surface area contributed by atoms with Gasteiger partial charge in [0.15, 0.2) is 5.69 Å². The molecule has 114 valence electrons. The van der Waals surface area contributed by atoms with Crippen molar-refractivity contribution in [1.82, 2.24) is 19.6 Å². The Hall–Kier alpha value is -1.56. The number of carbonyl (C=O) groups is 1. The van der Waals surface area contributed by atoms with Crippen LogP contribution >= 0.6 is 0 Å². The van der Waals surface area contributed by atoms with Gasteiger partial charge in [-0.05, 0) is 33.0 Å². The number of nitrogens with zero attached hydrogens (tertiary/aromatic N) is 4. The summed E-state index contributed by atoms with van der Waals surface area (Å²) in [6.45, 7) is 10.8. The Morgan fingerprint density at radius 1 is 1.25 bits per heavy atom. The second kappa shape index (κ2) is 7.89. The zero-order valence-corrected chi connectivity index (χ0v) is 13.1. The molecule has 0 saturated heterocycles. The van der Waals surface area contributed by atoms with Crippen LogP contribution in [0.4, 0.5) is 5.69 Å². The van der Waals surface area contributed by atoms with Crippen LogP contribution in [0.25, 0.3) is 0 Å². The van der Waals surface area contributed by atoms with Crippen molar-refractivity contribution in [1.29, 1.82) is 0 Å². The lowest BCUT2D eigenvalue weighted by Gasteiger charge is -2.23. The molecule has 1 aromatic heterocycles. The Bertz CT molecular complexity index is 425. The zero-order valence-electron chi connectivity index (χ0n) is 13.1. The van der Waals surface area contributed by atoms with E-state index < -0.39 is 0 Å². The van der Waals surface area contributed by atoms with Crippen molar-refractivity contribution < 1.29 is 4.79 Å². The minimum absolute atomic E-state index is 0.0786. The lowest BCUT2D eigenvalue weighted by molar-refractivity contribution is 0.0752. The summed E-state index contributed by atoms with van der Waals surface area (Å²) in [5.41, 5.74) is 6.62. The van der Waals surface area contributed by atoms with E-state index in [2.05, 4.69) is 23.8 Å². The average Bonchev–Trinajstić information content (AvgIpc) is 2.77. The molecule has 0 saturated carbocycles. The summed E-state index contributed by atoms with van der Waals surface area (Å²) in [5.74, 6) is -0.0786. The molecule has 6 heteroatoms. The highest BCUT2D eigenvalue weighted by molar-refractivity contribution is 5.97. The number of rotatable bonds is 8. The number of aromatic nitrogens is 2. The average molecular weight is 281 g/mol. The topological polar surface area (TPSA) is 67.4 Å². The Balaban J connectivity index is 2.58. The third kappa shape index (κ3) is 4.23. The standard InChI is InChI=1S/C14H27N5O/c1-5-18(6-2)9-8-10-19(7-3)14(20)13-12(15)11-17(4)16-13/h11H,5-10,15H2,1-4H3. The summed E-state index contributed by atoms with van der Waals surface area (Å²) < 4.78 is 1.58. The van der Waals surface area contributed by atoms with Crippen LogP contribution in [0.5, 0.6) is 0 Å². The van der Waals surface area contributed by atoms with E-state index >= 15 is 0 Å². The van der Waals surface area contributed by atoms with Gasteiger partial charge in [-0.25, -0.2) is 0 Å². The van der Waals surface area contributed by atoms with Gasteiger partial charge in [0.1, 0.15) is 0 Å². The first-order valence-electron chi connectivity index (χ1n) is 7.34. The number of nitrogens with two attached hydrogens (primary N) is 1. The van der Waals surface area contributed by atoms with Crippen LogP contribution in [0.3, 0.4) is 0 Å². The van der Waals surface area contributed by atoms with E-state index in [1.54, 1.807) is 17.9 Å². The van der Waals surface area contributed by atoms with Crippen LogP contribution in [-0.4, -0.2) is 58.2 Å². The van der Waals surface area contributed by atoms with E-state index in [0.717, 1.165) is 32.6 Å². The molecule has 0 aliphatic rings. The van der Waals surface area contributed by atoms with Gasteiger partial charge in [0.25, 0.3) is 5.91 Å². The Labute approximate surface area is 121 Å². The molecule has 0 spiro atoms. The van der Waals surface area contributed by atoms with Gasteiger partial charge in [0.2, 0.25) is 0 Å². The van der Waals surface area contributed by atoms with Crippen LogP contribution < -0.4 is 5.73 Å². The smallest absolute Gasteiger partial charge is 0.276 e. The van der Waals surface area contributed by atoms with Gasteiger partial charge in [0.05, 0.1) is 5.69 Å². The van der Waals surface area contributed by atoms with E-state index in [1.165, 1.54) is 0 Å². The number of hydrogen-bond donors (Lipinski definition) is 1. The molecule has 1 aromatic rings. The van der Waals surface area contributed by atoms with Crippen LogP contribution in [-0.2, 0) is 7.05 Å². The predicted octanol–water partition coefficient (Wildman–Crippen LogP) is 1.20. The minimum Gasteiger partial charge on any atom is -0.396 e. The Morgan fingerprint density at radius 3 is 2.35 bits per heavy atom. The second-order valence-corrected chi connectivity index (χ2v) is 4.87. The predicted molar refractivity (Wildman–Crippen MR) is 81.6 cm³/mol. The van der Waals surface area contributed by atoms with Crippen LogP contribution in [0, 0.1) is 0 Å². The SMILES string of the molecule is CCN(CC)CCCN(CC)C(=O)c1nn(C)cc1N. The number of anilines is 1. The van der Waals surface area contributed by atoms with E-state index in [0.29, 0.717) is 17.9 Å². The molecular formula is C14H27N5O. The lowest BCUT2D eigenvalue weighted by Crippen LogP contribution is -2.35. The summed E-state index contributed by atoms with van der Waals surface area (Å²) >= 11 is 0. The summed E-state index contributed by atoms with van der Waals surface area (Å²) in [7, 11) is 1.77. The quantitative estimate of drug-likeness (QED) is 0.777. The third-order valence-electron chi connectivity index (χ3n) is 3.53. The lowest BCUT2D eigenvalue weighted by atomic mass is 10.3. The van der Waals surface area contributed by atoms with Crippen molar-refractivity contribution in [3.63, 3.8) is 0 Å². The van der Waals surface area contributed by atoms with Gasteiger partial charge in [-0.1, -0.05) is 13.8 Å². The van der Waals surface area contributed by atoms with E-state index in [9.17, 15) is 4.79 Å². The molecule has 0 aliphatic heterocycles. The number of amides is 1. The zero-order chi connectivity index (χ0) is 15.1. The first-order valence-corrected chi connectivity index (χ1v) is 7.34. The Morgan fingerprint density at radius 2 is 1.90 bits per heavy atom. The van der Waals surface area contributed by atoms with Crippen molar-refractivity contribution in [2.24, 2.45) is 7.05 Å². The van der Waals surface area contributed by atoms with Crippen molar-refractivity contribution in [2.45, 2.75) is 27.2 Å². The summed E-state index contributed by atoms with van der Waals surface area (Å²) in [6.07, 6.45) is 2.63. The highest BCUT2D eigenvalue weighted by Crippen LogP contribution is 2.11. The molecule has 20 heavy (non-hydrogen) atoms. The molecule has 0 radical (unpaired) electrons. The summed E-state index contributed by atoms with van der Waals surface area (Å²) in [6, 6.07) is 0. The Kier molecular flexibility index (Phi) is 6.51. The van der Waals surface area contributed by atoms with E-state index in [1.807, 2.05) is 11.8 Å². The molecule has 0 atom stereocenters. The van der Waals surface area contributed by atoms with Gasteiger partial charge in [0, 0.05) is 26.3 Å². The third-order valence-corrected chi connectivity index (χ3v) is 3.53. The highest BCUT2D eigenvalue weighted by atomic mass is 16.2. The van der Waals surface area contributed by atoms with E-state index in [4.69, 9.17) is 5.73 Å². The number of hydrogen-bond acceptors (Lipinski definition) is 4. The normalized spacial score (nSPS) is 11.1. The molecule has 0 aliphatic carbocycles. The molecule has 1 rings (SSSR count). The van der Waals surface area contributed by atoms with Gasteiger partial charge >= 0.3 is 0 Å². The monoisotopic (exact) mass is 281 g/mol. The molecule has 2 N–H and O–H groups in total. The molecular weight excluding hydrogens is 254 g/mol. The van der Waals surface area contributed by atoms with Crippen LogP contribution in [0.2, 0.25) is 0 Å². The summed E-state index contributed by atoms with van der Waals surface area (Å²) in [5, 5.41) is 4.14. The van der Waals surface area contributed by atoms with Gasteiger partial charge in [-0.3, -0.25) is 9.48 Å². The fraction of sp³-hybridized carbons (Fsp3) is 0.714. The maximum Gasteiger partial charge on any atom is 0.276 e. The van der Waals surface area contributed by atoms with Crippen molar-refractivity contribution >= 4 is 11.6 Å². The first-order chi connectivity index (χ1) is 9.53. The summed E-state index contributed by atoms with van der Waals surface area (Å²) in [4.78, 5) is 16.5. The number of aryl methyl sites for hydroxylation is 1. The van der Waals surface area contributed by atoms with Crippen molar-refractivity contribution in [3.05, 3.63) is 11.9 Å². The maximum absolute atomic E-state index is 12.4. The fourth-order valence-corrected chi connectivity index (χ4v) is 2.25. The molecule has 6 nitrogen and oxygen atoms in total. The molecule has 0 unspecified atom stereocenters. The van der Waals surface area contributed by atoms with Gasteiger partial charge in [-0.15, -0.1) is 0 Å². The fourth-order valence-electron chi connectivity index (χ4n) is 2.25. The maximum atomic E-state index is 12.4. The van der Waals surface area contributed by atoms with Gasteiger partial charge in [-0.2, -0.15) is 5.10 Å².